The second kappa shape index (κ2) is 10.0. The maximum atomic E-state index is 6.00. The van der Waals surface area contributed by atoms with E-state index >= 15 is 0 Å². The van der Waals surface area contributed by atoms with Gasteiger partial charge in [0.1, 0.15) is 0 Å². The Bertz CT molecular complexity index is 684. The Morgan fingerprint density at radius 3 is 1.21 bits per heavy atom. The summed E-state index contributed by atoms with van der Waals surface area (Å²) in [4.78, 5) is 10.1. The van der Waals surface area contributed by atoms with Gasteiger partial charge in [0, 0.05) is 73.8 Å². The highest BCUT2D eigenvalue weighted by molar-refractivity contribution is 6.30. The molecule has 0 saturated carbocycles. The normalized spacial score (nSPS) is 19.0. The first-order valence-electron chi connectivity index (χ1n) is 10.6. The van der Waals surface area contributed by atoms with Gasteiger partial charge in [0.15, 0.2) is 0 Å². The van der Waals surface area contributed by atoms with E-state index in [1.54, 1.807) is 0 Å². The zero-order valence-electron chi connectivity index (χ0n) is 16.9. The Morgan fingerprint density at radius 1 is 0.517 bits per heavy atom. The van der Waals surface area contributed by atoms with Crippen molar-refractivity contribution < 1.29 is 0 Å². The van der Waals surface area contributed by atoms with Crippen molar-refractivity contribution in [1.82, 2.24) is 9.80 Å². The molecule has 2 aliphatic heterocycles. The van der Waals surface area contributed by atoms with Crippen molar-refractivity contribution in [1.29, 1.82) is 0 Å². The third-order valence-corrected chi connectivity index (χ3v) is 6.58. The Hall–Kier alpha value is -1.46. The van der Waals surface area contributed by atoms with Gasteiger partial charge in [-0.05, 0) is 68.0 Å². The first-order chi connectivity index (χ1) is 14.2. The molecule has 0 aromatic heterocycles. The summed E-state index contributed by atoms with van der Waals surface area (Å²) in [6, 6.07) is 16.4. The number of hydrogen-bond acceptors (Lipinski definition) is 4. The van der Waals surface area contributed by atoms with Crippen LogP contribution in [0.4, 0.5) is 11.4 Å². The van der Waals surface area contributed by atoms with Crippen LogP contribution in [0.5, 0.6) is 0 Å². The Kier molecular flexibility index (Phi) is 7.20. The smallest absolute Gasteiger partial charge is 0.0407 e. The molecular formula is C23H30Cl2N4. The summed E-state index contributed by atoms with van der Waals surface area (Å²) >= 11 is 12.0. The van der Waals surface area contributed by atoms with Gasteiger partial charge in [-0.3, -0.25) is 9.80 Å². The van der Waals surface area contributed by atoms with E-state index in [-0.39, 0.29) is 0 Å². The molecule has 0 radical (unpaired) electrons. The molecule has 0 bridgehead atoms. The van der Waals surface area contributed by atoms with Gasteiger partial charge in [0.05, 0.1) is 0 Å². The summed E-state index contributed by atoms with van der Waals surface area (Å²) in [5.74, 6) is 0. The van der Waals surface area contributed by atoms with Gasteiger partial charge in [-0.1, -0.05) is 23.2 Å². The lowest BCUT2D eigenvalue weighted by atomic mass is 10.2. The maximum absolute atomic E-state index is 6.00. The predicted octanol–water partition coefficient (Wildman–Crippen LogP) is 4.33. The molecule has 0 N–H and O–H groups in total. The van der Waals surface area contributed by atoms with E-state index < -0.39 is 0 Å². The molecule has 2 heterocycles. The van der Waals surface area contributed by atoms with E-state index in [1.165, 1.54) is 30.9 Å². The average Bonchev–Trinajstić information content (AvgIpc) is 2.76. The fourth-order valence-corrected chi connectivity index (χ4v) is 4.53. The number of halogens is 2. The maximum Gasteiger partial charge on any atom is 0.0407 e. The molecule has 2 saturated heterocycles. The zero-order valence-corrected chi connectivity index (χ0v) is 18.5. The van der Waals surface area contributed by atoms with Gasteiger partial charge in [0.25, 0.3) is 0 Å². The van der Waals surface area contributed by atoms with Gasteiger partial charge in [0.2, 0.25) is 0 Å². The molecular weight excluding hydrogens is 403 g/mol. The molecule has 4 nitrogen and oxygen atoms in total. The number of rotatable bonds is 6. The van der Waals surface area contributed by atoms with Crippen LogP contribution in [0.15, 0.2) is 48.5 Å². The number of piperazine rings is 2. The Balaban J connectivity index is 1.13. The molecule has 29 heavy (non-hydrogen) atoms. The molecule has 0 spiro atoms. The molecule has 2 aromatic carbocycles. The van der Waals surface area contributed by atoms with Gasteiger partial charge in [-0.25, -0.2) is 0 Å². The summed E-state index contributed by atoms with van der Waals surface area (Å²) < 4.78 is 0. The van der Waals surface area contributed by atoms with Crippen LogP contribution in [-0.2, 0) is 0 Å². The van der Waals surface area contributed by atoms with E-state index in [4.69, 9.17) is 23.2 Å². The van der Waals surface area contributed by atoms with Crippen molar-refractivity contribution in [2.45, 2.75) is 6.42 Å². The SMILES string of the molecule is Clc1ccc(N2CCN(CCCN3CCN(c4ccc(Cl)cc4)CC3)CC2)cc1. The first kappa shape index (κ1) is 20.8. The topological polar surface area (TPSA) is 13.0 Å². The highest BCUT2D eigenvalue weighted by atomic mass is 35.5. The molecule has 0 unspecified atom stereocenters. The van der Waals surface area contributed by atoms with E-state index in [1.807, 2.05) is 24.3 Å². The van der Waals surface area contributed by atoms with Gasteiger partial charge < -0.3 is 9.80 Å². The van der Waals surface area contributed by atoms with E-state index in [0.717, 1.165) is 62.4 Å². The Labute approximate surface area is 184 Å². The van der Waals surface area contributed by atoms with Crippen molar-refractivity contribution in [3.8, 4) is 0 Å². The molecule has 0 amide bonds. The molecule has 0 aliphatic carbocycles. The van der Waals surface area contributed by atoms with Crippen molar-refractivity contribution in [2.24, 2.45) is 0 Å². The highest BCUT2D eigenvalue weighted by Crippen LogP contribution is 2.21. The van der Waals surface area contributed by atoms with Crippen LogP contribution in [-0.4, -0.2) is 75.2 Å². The standard InChI is InChI=1S/C23H30Cl2N4/c24-20-2-6-22(7-3-20)28-16-12-26(13-17-28)10-1-11-27-14-18-29(19-15-27)23-8-4-21(25)5-9-23/h2-9H,1,10-19H2. The summed E-state index contributed by atoms with van der Waals surface area (Å²) in [6.45, 7) is 11.4. The van der Waals surface area contributed by atoms with Crippen molar-refractivity contribution >= 4 is 34.6 Å². The third kappa shape index (κ3) is 5.79. The second-order valence-electron chi connectivity index (χ2n) is 7.96. The summed E-state index contributed by atoms with van der Waals surface area (Å²) in [5, 5.41) is 1.61. The van der Waals surface area contributed by atoms with Crippen molar-refractivity contribution in [3.05, 3.63) is 58.6 Å². The quantitative estimate of drug-likeness (QED) is 0.673. The lowest BCUT2D eigenvalue weighted by Gasteiger charge is -2.38. The minimum Gasteiger partial charge on any atom is -0.369 e. The van der Waals surface area contributed by atoms with E-state index in [9.17, 15) is 0 Å². The highest BCUT2D eigenvalue weighted by Gasteiger charge is 2.19. The van der Waals surface area contributed by atoms with Gasteiger partial charge in [-0.2, -0.15) is 0 Å². The van der Waals surface area contributed by atoms with Crippen LogP contribution in [0.2, 0.25) is 10.0 Å². The average molecular weight is 433 g/mol. The summed E-state index contributed by atoms with van der Waals surface area (Å²) in [5.41, 5.74) is 2.57. The van der Waals surface area contributed by atoms with E-state index in [0.29, 0.717) is 0 Å². The minimum absolute atomic E-state index is 0.807. The molecule has 4 rings (SSSR count). The molecule has 2 aromatic rings. The molecule has 6 heteroatoms. The number of anilines is 2. The fourth-order valence-electron chi connectivity index (χ4n) is 4.28. The van der Waals surface area contributed by atoms with Crippen molar-refractivity contribution in [2.75, 3.05) is 75.2 Å². The first-order valence-corrected chi connectivity index (χ1v) is 11.4. The van der Waals surface area contributed by atoms with Gasteiger partial charge >= 0.3 is 0 Å². The van der Waals surface area contributed by atoms with Crippen LogP contribution in [0.25, 0.3) is 0 Å². The number of nitrogens with zero attached hydrogens (tertiary/aromatic N) is 4. The fraction of sp³-hybridized carbons (Fsp3) is 0.478. The molecule has 2 fully saturated rings. The Morgan fingerprint density at radius 2 is 0.862 bits per heavy atom. The monoisotopic (exact) mass is 432 g/mol. The molecule has 2 aliphatic rings. The van der Waals surface area contributed by atoms with Crippen LogP contribution in [0.1, 0.15) is 6.42 Å². The van der Waals surface area contributed by atoms with Crippen molar-refractivity contribution in [3.63, 3.8) is 0 Å². The zero-order chi connectivity index (χ0) is 20.1. The lowest BCUT2D eigenvalue weighted by molar-refractivity contribution is 0.213. The minimum atomic E-state index is 0.807. The number of hydrogen-bond donors (Lipinski definition) is 0. The van der Waals surface area contributed by atoms with Crippen LogP contribution >= 0.6 is 23.2 Å². The van der Waals surface area contributed by atoms with Crippen LogP contribution in [0, 0.1) is 0 Å². The number of benzene rings is 2. The van der Waals surface area contributed by atoms with Crippen LogP contribution in [0.3, 0.4) is 0 Å². The summed E-state index contributed by atoms with van der Waals surface area (Å²) in [7, 11) is 0. The lowest BCUT2D eigenvalue weighted by Crippen LogP contribution is -2.48. The van der Waals surface area contributed by atoms with Crippen LogP contribution < -0.4 is 9.80 Å². The van der Waals surface area contributed by atoms with E-state index in [2.05, 4.69) is 43.9 Å². The second-order valence-corrected chi connectivity index (χ2v) is 8.84. The summed E-state index contributed by atoms with van der Waals surface area (Å²) in [6.07, 6.45) is 1.25. The third-order valence-electron chi connectivity index (χ3n) is 6.08. The largest absolute Gasteiger partial charge is 0.369 e. The molecule has 156 valence electrons. The predicted molar refractivity (Wildman–Crippen MR) is 125 cm³/mol. The van der Waals surface area contributed by atoms with Gasteiger partial charge in [-0.15, -0.1) is 0 Å². The molecule has 0 atom stereocenters.